The van der Waals surface area contributed by atoms with E-state index in [2.05, 4.69) is 5.32 Å². The van der Waals surface area contributed by atoms with Crippen LogP contribution in [0.5, 0.6) is 5.75 Å². The van der Waals surface area contributed by atoms with Crippen molar-refractivity contribution in [1.29, 1.82) is 0 Å². The zero-order valence-corrected chi connectivity index (χ0v) is 16.7. The van der Waals surface area contributed by atoms with Crippen molar-refractivity contribution in [3.05, 3.63) is 87.3 Å². The van der Waals surface area contributed by atoms with Crippen LogP contribution in [0.3, 0.4) is 0 Å². The van der Waals surface area contributed by atoms with Gasteiger partial charge in [0, 0.05) is 9.90 Å². The maximum atomic E-state index is 13.2. The van der Waals surface area contributed by atoms with Gasteiger partial charge in [0.05, 0.1) is 6.04 Å². The number of carbonyl (C=O) groups excluding carboxylic acids is 2. The summed E-state index contributed by atoms with van der Waals surface area (Å²) in [5.74, 6) is -1.11. The summed E-state index contributed by atoms with van der Waals surface area (Å²) in [5.41, 5.74) is 0.720. The summed E-state index contributed by atoms with van der Waals surface area (Å²) in [6, 6.07) is 15.7. The molecule has 0 saturated heterocycles. The number of carbonyl (C=O) groups is 2. The van der Waals surface area contributed by atoms with Gasteiger partial charge in [0.1, 0.15) is 11.6 Å². The van der Waals surface area contributed by atoms with Crippen LogP contribution in [0.25, 0.3) is 0 Å². The molecule has 1 aromatic heterocycles. The average molecular weight is 434 g/mol. The Kier molecular flexibility index (Phi) is 7.21. The summed E-state index contributed by atoms with van der Waals surface area (Å²) in [6.07, 6.45) is 0. The van der Waals surface area contributed by atoms with Crippen LogP contribution in [-0.2, 0) is 14.3 Å². The van der Waals surface area contributed by atoms with E-state index >= 15 is 0 Å². The number of thiophene rings is 1. The van der Waals surface area contributed by atoms with Crippen LogP contribution in [0, 0.1) is 5.82 Å². The van der Waals surface area contributed by atoms with E-state index in [-0.39, 0.29) is 12.4 Å². The Hall–Kier alpha value is -2.90. The molecule has 2 aromatic carbocycles. The number of halogens is 2. The van der Waals surface area contributed by atoms with Gasteiger partial charge in [-0.1, -0.05) is 35.9 Å². The van der Waals surface area contributed by atoms with Crippen LogP contribution >= 0.6 is 22.9 Å². The molecule has 0 fully saturated rings. The minimum absolute atomic E-state index is 0.347. The van der Waals surface area contributed by atoms with Crippen LogP contribution < -0.4 is 10.1 Å². The Bertz CT molecular complexity index is 963. The summed E-state index contributed by atoms with van der Waals surface area (Å²) in [4.78, 5) is 25.0. The standard InChI is InChI=1S/C21H17ClFNO4S/c22-15-3-1-4-17(11-15)27-13-20(26)28-12-19(25)24-21(18-5-2-10-29-18)14-6-8-16(23)9-7-14/h1-11,21H,12-13H2,(H,24,25). The molecule has 0 bridgehead atoms. The molecule has 5 nitrogen and oxygen atoms in total. The quantitative estimate of drug-likeness (QED) is 0.536. The molecule has 3 rings (SSSR count). The predicted molar refractivity (Wildman–Crippen MR) is 109 cm³/mol. The van der Waals surface area contributed by atoms with Gasteiger partial charge in [-0.05, 0) is 47.3 Å². The van der Waals surface area contributed by atoms with Crippen LogP contribution in [0.1, 0.15) is 16.5 Å². The van der Waals surface area contributed by atoms with Crippen LogP contribution in [-0.4, -0.2) is 25.1 Å². The molecule has 0 aliphatic rings. The maximum absolute atomic E-state index is 13.2. The van der Waals surface area contributed by atoms with Crippen molar-refractivity contribution in [2.75, 3.05) is 13.2 Å². The summed E-state index contributed by atoms with van der Waals surface area (Å²) in [5, 5.41) is 5.17. The van der Waals surface area contributed by atoms with Crippen molar-refractivity contribution in [3.8, 4) is 5.75 Å². The lowest BCUT2D eigenvalue weighted by Crippen LogP contribution is -2.33. The molecular weight excluding hydrogens is 417 g/mol. The summed E-state index contributed by atoms with van der Waals surface area (Å²) >= 11 is 7.30. The second kappa shape index (κ2) is 10.0. The number of hydrogen-bond donors (Lipinski definition) is 1. The average Bonchev–Trinajstić information content (AvgIpc) is 3.24. The van der Waals surface area contributed by atoms with E-state index in [0.717, 1.165) is 10.4 Å². The second-order valence-corrected chi connectivity index (χ2v) is 7.39. The number of amides is 1. The van der Waals surface area contributed by atoms with Crippen molar-refractivity contribution in [3.63, 3.8) is 0 Å². The van der Waals surface area contributed by atoms with E-state index in [1.54, 1.807) is 36.4 Å². The fourth-order valence-electron chi connectivity index (χ4n) is 2.52. The lowest BCUT2D eigenvalue weighted by Gasteiger charge is -2.18. The van der Waals surface area contributed by atoms with Crippen molar-refractivity contribution >= 4 is 34.8 Å². The van der Waals surface area contributed by atoms with Gasteiger partial charge < -0.3 is 14.8 Å². The van der Waals surface area contributed by atoms with Crippen molar-refractivity contribution in [1.82, 2.24) is 5.32 Å². The highest BCUT2D eigenvalue weighted by molar-refractivity contribution is 7.10. The number of ether oxygens (including phenoxy) is 2. The van der Waals surface area contributed by atoms with Gasteiger partial charge in [0.2, 0.25) is 0 Å². The summed E-state index contributed by atoms with van der Waals surface area (Å²) in [6.45, 7) is -0.805. The summed E-state index contributed by atoms with van der Waals surface area (Å²) < 4.78 is 23.5. The van der Waals surface area contributed by atoms with E-state index in [1.807, 2.05) is 17.5 Å². The van der Waals surface area contributed by atoms with Gasteiger partial charge in [0.25, 0.3) is 5.91 Å². The molecule has 0 aliphatic carbocycles. The van der Waals surface area contributed by atoms with Gasteiger partial charge in [-0.25, -0.2) is 9.18 Å². The zero-order valence-electron chi connectivity index (χ0n) is 15.1. The molecule has 1 heterocycles. The second-order valence-electron chi connectivity index (χ2n) is 5.97. The Morgan fingerprint density at radius 3 is 2.55 bits per heavy atom. The van der Waals surface area contributed by atoms with Gasteiger partial charge >= 0.3 is 5.97 Å². The predicted octanol–water partition coefficient (Wildman–Crippen LogP) is 4.37. The van der Waals surface area contributed by atoms with Gasteiger partial charge in [-0.15, -0.1) is 11.3 Å². The number of rotatable bonds is 8. The van der Waals surface area contributed by atoms with E-state index in [1.165, 1.54) is 23.5 Å². The smallest absolute Gasteiger partial charge is 0.344 e. The monoisotopic (exact) mass is 433 g/mol. The lowest BCUT2D eigenvalue weighted by molar-refractivity contribution is -0.150. The minimum Gasteiger partial charge on any atom is -0.482 e. The normalized spacial score (nSPS) is 11.5. The molecule has 0 aliphatic heterocycles. The highest BCUT2D eigenvalue weighted by atomic mass is 35.5. The van der Waals surface area contributed by atoms with Crippen molar-refractivity contribution < 1.29 is 23.5 Å². The van der Waals surface area contributed by atoms with Crippen molar-refractivity contribution in [2.24, 2.45) is 0 Å². The number of nitrogens with one attached hydrogen (secondary N) is 1. The third kappa shape index (κ3) is 6.30. The first-order chi connectivity index (χ1) is 14.0. The fraction of sp³-hybridized carbons (Fsp3) is 0.143. The number of esters is 1. The maximum Gasteiger partial charge on any atom is 0.344 e. The molecule has 150 valence electrons. The zero-order chi connectivity index (χ0) is 20.6. The van der Waals surface area contributed by atoms with Gasteiger partial charge in [-0.2, -0.15) is 0 Å². The highest BCUT2D eigenvalue weighted by Crippen LogP contribution is 2.26. The van der Waals surface area contributed by atoms with E-state index in [9.17, 15) is 14.0 Å². The van der Waals surface area contributed by atoms with Crippen LogP contribution in [0.4, 0.5) is 4.39 Å². The van der Waals surface area contributed by atoms with E-state index < -0.39 is 24.5 Å². The Morgan fingerprint density at radius 1 is 1.07 bits per heavy atom. The SMILES string of the molecule is O=C(COC(=O)COc1cccc(Cl)c1)NC(c1ccc(F)cc1)c1cccs1. The van der Waals surface area contributed by atoms with Crippen LogP contribution in [0.2, 0.25) is 5.02 Å². The van der Waals surface area contributed by atoms with E-state index in [0.29, 0.717) is 10.8 Å². The number of hydrogen-bond acceptors (Lipinski definition) is 5. The topological polar surface area (TPSA) is 64.6 Å². The molecular formula is C21H17ClFNO4S. The molecule has 0 saturated carbocycles. The molecule has 1 atom stereocenters. The minimum atomic E-state index is -0.686. The van der Waals surface area contributed by atoms with E-state index in [4.69, 9.17) is 21.1 Å². The van der Waals surface area contributed by atoms with Crippen LogP contribution in [0.15, 0.2) is 66.0 Å². The molecule has 0 radical (unpaired) electrons. The summed E-state index contributed by atoms with van der Waals surface area (Å²) in [7, 11) is 0. The lowest BCUT2D eigenvalue weighted by atomic mass is 10.1. The van der Waals surface area contributed by atoms with Crippen molar-refractivity contribution in [2.45, 2.75) is 6.04 Å². The highest BCUT2D eigenvalue weighted by Gasteiger charge is 2.19. The number of benzene rings is 2. The first-order valence-electron chi connectivity index (χ1n) is 8.63. The molecule has 1 unspecified atom stereocenters. The molecule has 29 heavy (non-hydrogen) atoms. The van der Waals surface area contributed by atoms with Gasteiger partial charge in [-0.3, -0.25) is 4.79 Å². The first-order valence-corrected chi connectivity index (χ1v) is 9.89. The molecule has 0 spiro atoms. The molecule has 1 N–H and O–H groups in total. The largest absolute Gasteiger partial charge is 0.482 e. The third-order valence-electron chi connectivity index (χ3n) is 3.85. The Morgan fingerprint density at radius 2 is 1.86 bits per heavy atom. The Labute approximate surface area is 176 Å². The molecule has 1 amide bonds. The first kappa shape index (κ1) is 20.8. The fourth-order valence-corrected chi connectivity index (χ4v) is 3.50. The molecule has 8 heteroatoms. The molecule has 3 aromatic rings. The van der Waals surface area contributed by atoms with Gasteiger partial charge in [0.15, 0.2) is 13.2 Å². The third-order valence-corrected chi connectivity index (χ3v) is 5.03. The Balaban J connectivity index is 1.53.